The van der Waals surface area contributed by atoms with E-state index in [1.54, 1.807) is 7.11 Å². The summed E-state index contributed by atoms with van der Waals surface area (Å²) in [6.45, 7) is 5.09. The summed E-state index contributed by atoms with van der Waals surface area (Å²) in [6, 6.07) is 7.67. The predicted molar refractivity (Wildman–Crippen MR) is 222 cm³/mol. The van der Waals surface area contributed by atoms with Crippen molar-refractivity contribution in [3.63, 3.8) is 0 Å². The van der Waals surface area contributed by atoms with Crippen molar-refractivity contribution in [2.75, 3.05) is 20.3 Å². The zero-order valence-electron chi connectivity index (χ0n) is 34.6. The number of esters is 2. The maximum absolute atomic E-state index is 12.7. The van der Waals surface area contributed by atoms with Crippen LogP contribution in [-0.4, -0.2) is 38.4 Å². The van der Waals surface area contributed by atoms with Gasteiger partial charge in [-0.05, 0) is 81.9 Å². The molecule has 0 saturated carbocycles. The second-order valence-corrected chi connectivity index (χ2v) is 14.8. The first-order chi connectivity index (χ1) is 26.1. The van der Waals surface area contributed by atoms with E-state index in [2.05, 4.69) is 38.2 Å². The summed E-state index contributed by atoms with van der Waals surface area (Å²) in [7, 11) is 1.64. The highest BCUT2D eigenvalue weighted by molar-refractivity contribution is 5.70. The number of benzene rings is 1. The second-order valence-electron chi connectivity index (χ2n) is 14.8. The van der Waals surface area contributed by atoms with Gasteiger partial charge in [0.1, 0.15) is 12.4 Å². The number of unbranched alkanes of at least 4 members (excludes halogenated alkanes) is 22. The van der Waals surface area contributed by atoms with Crippen molar-refractivity contribution < 1.29 is 28.5 Å². The minimum atomic E-state index is -0.622. The highest BCUT2D eigenvalue weighted by Crippen LogP contribution is 2.15. The van der Waals surface area contributed by atoms with Gasteiger partial charge in [-0.15, -0.1) is 0 Å². The first-order valence-electron chi connectivity index (χ1n) is 21.9. The topological polar surface area (TPSA) is 71.1 Å². The average molecular weight is 741 g/mol. The quantitative estimate of drug-likeness (QED) is 0.0382. The van der Waals surface area contributed by atoms with Crippen LogP contribution in [0.2, 0.25) is 0 Å². The van der Waals surface area contributed by atoms with Crippen LogP contribution in [0.15, 0.2) is 48.6 Å². The molecule has 0 amide bonds. The highest BCUT2D eigenvalue weighted by atomic mass is 16.6. The molecular formula is C47H80O6. The molecule has 0 unspecified atom stereocenters. The Balaban J connectivity index is 2.24. The molecule has 0 N–H and O–H groups in total. The van der Waals surface area contributed by atoms with Crippen LogP contribution in [0, 0.1) is 0 Å². The maximum atomic E-state index is 12.7. The Bertz CT molecular complexity index is 1020. The van der Waals surface area contributed by atoms with Crippen LogP contribution < -0.4 is 4.74 Å². The number of allylic oxidation sites excluding steroid dienone is 4. The average Bonchev–Trinajstić information content (AvgIpc) is 3.17. The number of ether oxygens (including phenoxy) is 4. The third-order valence-corrected chi connectivity index (χ3v) is 9.75. The molecule has 1 rings (SSSR count). The lowest BCUT2D eigenvalue weighted by Gasteiger charge is -2.18. The first-order valence-corrected chi connectivity index (χ1v) is 21.9. The molecule has 0 bridgehead atoms. The van der Waals surface area contributed by atoms with Gasteiger partial charge in [-0.1, -0.05) is 153 Å². The molecule has 0 fully saturated rings. The maximum Gasteiger partial charge on any atom is 0.306 e. The van der Waals surface area contributed by atoms with E-state index in [1.165, 1.54) is 122 Å². The van der Waals surface area contributed by atoms with Crippen molar-refractivity contribution in [3.05, 3.63) is 54.1 Å². The lowest BCUT2D eigenvalue weighted by Crippen LogP contribution is -2.29. The van der Waals surface area contributed by atoms with Crippen LogP contribution in [0.1, 0.15) is 199 Å². The lowest BCUT2D eigenvalue weighted by molar-refractivity contribution is -0.163. The van der Waals surface area contributed by atoms with Gasteiger partial charge >= 0.3 is 11.9 Å². The van der Waals surface area contributed by atoms with E-state index in [0.29, 0.717) is 19.4 Å². The van der Waals surface area contributed by atoms with Crippen molar-refractivity contribution in [2.45, 2.75) is 206 Å². The van der Waals surface area contributed by atoms with Gasteiger partial charge in [-0.2, -0.15) is 0 Å². The van der Waals surface area contributed by atoms with E-state index in [0.717, 1.165) is 56.3 Å². The van der Waals surface area contributed by atoms with Gasteiger partial charge in [0.2, 0.25) is 0 Å². The Morgan fingerprint density at radius 2 is 0.943 bits per heavy atom. The number of rotatable bonds is 38. The van der Waals surface area contributed by atoms with Crippen LogP contribution in [-0.2, 0) is 30.4 Å². The fourth-order valence-corrected chi connectivity index (χ4v) is 6.33. The van der Waals surface area contributed by atoms with E-state index in [4.69, 9.17) is 18.9 Å². The third kappa shape index (κ3) is 32.5. The van der Waals surface area contributed by atoms with Crippen molar-refractivity contribution in [3.8, 4) is 5.75 Å². The van der Waals surface area contributed by atoms with Crippen LogP contribution in [0.4, 0.5) is 0 Å². The standard InChI is InChI=1S/C47H80O6/c1-4-6-8-10-12-14-16-18-20-21-23-25-27-29-31-33-35-47(49)53-45(41-51-40-43-36-38-44(50-3)39-37-43)42-52-46(48)34-32-30-28-26-24-22-19-17-15-13-11-9-7-5-2/h17-20,36-39,45H,4-16,21-35,40-42H2,1-3H3/b19-17+,20-18+/t45-/m0/s1. The molecule has 0 spiro atoms. The number of carbonyl (C=O) groups excluding carboxylic acids is 2. The lowest BCUT2D eigenvalue weighted by atomic mass is 10.1. The van der Waals surface area contributed by atoms with E-state index < -0.39 is 6.10 Å². The molecule has 0 radical (unpaired) electrons. The first kappa shape index (κ1) is 48.4. The molecule has 6 nitrogen and oxygen atoms in total. The molecule has 0 aliphatic heterocycles. The van der Waals surface area contributed by atoms with Gasteiger partial charge in [0, 0.05) is 12.8 Å². The van der Waals surface area contributed by atoms with Crippen molar-refractivity contribution in [1.82, 2.24) is 0 Å². The number of carbonyl (C=O) groups is 2. The molecule has 6 heteroatoms. The molecule has 1 aromatic rings. The number of methoxy groups -OCH3 is 1. The van der Waals surface area contributed by atoms with Gasteiger partial charge < -0.3 is 18.9 Å². The van der Waals surface area contributed by atoms with Crippen molar-refractivity contribution in [1.29, 1.82) is 0 Å². The normalized spacial score (nSPS) is 12.1. The molecule has 1 atom stereocenters. The molecule has 0 aromatic heterocycles. The van der Waals surface area contributed by atoms with Gasteiger partial charge in [0.15, 0.2) is 6.10 Å². The molecular weight excluding hydrogens is 661 g/mol. The van der Waals surface area contributed by atoms with Crippen LogP contribution >= 0.6 is 0 Å². The van der Waals surface area contributed by atoms with Crippen molar-refractivity contribution >= 4 is 11.9 Å². The summed E-state index contributed by atoms with van der Waals surface area (Å²) in [4.78, 5) is 25.2. The fraction of sp³-hybridized carbons (Fsp3) is 0.745. The molecule has 53 heavy (non-hydrogen) atoms. The summed E-state index contributed by atoms with van der Waals surface area (Å²) in [6.07, 6.45) is 41.1. The van der Waals surface area contributed by atoms with E-state index in [-0.39, 0.29) is 25.2 Å². The third-order valence-electron chi connectivity index (χ3n) is 9.75. The largest absolute Gasteiger partial charge is 0.497 e. The Morgan fingerprint density at radius 3 is 1.40 bits per heavy atom. The van der Waals surface area contributed by atoms with E-state index in [1.807, 2.05) is 24.3 Å². The monoisotopic (exact) mass is 741 g/mol. The smallest absolute Gasteiger partial charge is 0.306 e. The molecule has 0 aliphatic rings. The van der Waals surface area contributed by atoms with Gasteiger partial charge in [-0.3, -0.25) is 9.59 Å². The summed E-state index contributed by atoms with van der Waals surface area (Å²) in [5.41, 5.74) is 0.992. The molecule has 0 saturated heterocycles. The Morgan fingerprint density at radius 1 is 0.528 bits per heavy atom. The Kier molecular flexibility index (Phi) is 34.4. The minimum Gasteiger partial charge on any atom is -0.497 e. The fourth-order valence-electron chi connectivity index (χ4n) is 6.33. The van der Waals surface area contributed by atoms with Crippen LogP contribution in [0.5, 0.6) is 5.75 Å². The summed E-state index contributed by atoms with van der Waals surface area (Å²) < 4.78 is 22.4. The second kappa shape index (κ2) is 37.7. The molecule has 0 aliphatic carbocycles. The Hall–Kier alpha value is -2.60. The molecule has 304 valence electrons. The Labute approximate surface area is 326 Å². The number of hydrogen-bond acceptors (Lipinski definition) is 6. The van der Waals surface area contributed by atoms with Gasteiger partial charge in [-0.25, -0.2) is 0 Å². The van der Waals surface area contributed by atoms with Gasteiger partial charge in [0.05, 0.1) is 20.3 Å². The SMILES string of the molecule is CCCCCCC/C=C/CCCCCCCC(=O)OC[C@H](COCc1ccc(OC)cc1)OC(=O)CCCCCCCC/C=C/CCCCCCCC. The predicted octanol–water partition coefficient (Wildman–Crippen LogP) is 13.7. The number of hydrogen-bond donors (Lipinski definition) is 0. The minimum absolute atomic E-state index is 0.0194. The molecule has 0 heterocycles. The summed E-state index contributed by atoms with van der Waals surface area (Å²) in [5.74, 6) is 0.294. The molecule has 1 aromatic carbocycles. The summed E-state index contributed by atoms with van der Waals surface area (Å²) in [5, 5.41) is 0. The van der Waals surface area contributed by atoms with Gasteiger partial charge in [0.25, 0.3) is 0 Å². The van der Waals surface area contributed by atoms with Crippen molar-refractivity contribution in [2.24, 2.45) is 0 Å². The summed E-state index contributed by atoms with van der Waals surface area (Å²) >= 11 is 0. The zero-order chi connectivity index (χ0) is 38.3. The highest BCUT2D eigenvalue weighted by Gasteiger charge is 2.18. The van der Waals surface area contributed by atoms with E-state index >= 15 is 0 Å². The zero-order valence-corrected chi connectivity index (χ0v) is 34.6. The van der Waals surface area contributed by atoms with E-state index in [9.17, 15) is 9.59 Å². The van der Waals surface area contributed by atoms with Crippen LogP contribution in [0.3, 0.4) is 0 Å². The van der Waals surface area contributed by atoms with Crippen LogP contribution in [0.25, 0.3) is 0 Å².